The second kappa shape index (κ2) is 9.17. The van der Waals surface area contributed by atoms with Gasteiger partial charge in [0.15, 0.2) is 0 Å². The van der Waals surface area contributed by atoms with E-state index in [1.807, 2.05) is 0 Å². The zero-order valence-electron chi connectivity index (χ0n) is 16.0. The van der Waals surface area contributed by atoms with Gasteiger partial charge in [-0.15, -0.1) is 0 Å². The number of sulfonamides is 1. The van der Waals surface area contributed by atoms with E-state index in [1.54, 1.807) is 49.6 Å². The number of ether oxygens (including phenoxy) is 2. The van der Waals surface area contributed by atoms with Crippen molar-refractivity contribution in [2.24, 2.45) is 5.14 Å². The molecule has 0 fully saturated rings. The van der Waals surface area contributed by atoms with Crippen molar-refractivity contribution in [3.8, 4) is 17.2 Å². The molecule has 1 amide bonds. The Bertz CT molecular complexity index is 1180. The number of benzene rings is 3. The van der Waals surface area contributed by atoms with E-state index in [2.05, 4.69) is 5.32 Å². The average molecular weight is 447 g/mol. The van der Waals surface area contributed by atoms with Crippen LogP contribution in [0.1, 0.15) is 5.56 Å². The maximum absolute atomic E-state index is 12.4. The number of hydrogen-bond donors (Lipinski definition) is 2. The first-order chi connectivity index (χ1) is 14.2. The van der Waals surface area contributed by atoms with Crippen LogP contribution in [-0.4, -0.2) is 21.4 Å². The highest BCUT2D eigenvalue weighted by Crippen LogP contribution is 2.31. The van der Waals surface area contributed by atoms with Gasteiger partial charge in [0.25, 0.3) is 0 Å². The standard InChI is InChI=1S/C21H19ClN2O5S/c1-28-17-6-2-4-14(10-17)11-21(25)24-16-8-9-19(20(13-16)30(23,26)27)29-18-7-3-5-15(22)12-18/h2-10,12-13H,11H2,1H3,(H,24,25)(H2,23,26,27). The van der Waals surface area contributed by atoms with Crippen molar-refractivity contribution in [3.63, 3.8) is 0 Å². The highest BCUT2D eigenvalue weighted by Gasteiger charge is 2.18. The predicted molar refractivity (Wildman–Crippen MR) is 115 cm³/mol. The molecule has 9 heteroatoms. The third-order valence-corrected chi connectivity index (χ3v) is 5.22. The second-order valence-electron chi connectivity index (χ2n) is 6.34. The summed E-state index contributed by atoms with van der Waals surface area (Å²) in [6.07, 6.45) is 0.0860. The summed E-state index contributed by atoms with van der Waals surface area (Å²) in [4.78, 5) is 12.1. The minimum atomic E-state index is -4.12. The molecule has 3 N–H and O–H groups in total. The lowest BCUT2D eigenvalue weighted by atomic mass is 10.1. The van der Waals surface area contributed by atoms with Crippen LogP contribution in [0.25, 0.3) is 0 Å². The van der Waals surface area contributed by atoms with Crippen molar-refractivity contribution < 1.29 is 22.7 Å². The van der Waals surface area contributed by atoms with Crippen LogP contribution >= 0.6 is 11.6 Å². The van der Waals surface area contributed by atoms with Crippen LogP contribution in [0.4, 0.5) is 5.69 Å². The first kappa shape index (κ1) is 21.6. The molecular weight excluding hydrogens is 428 g/mol. The molecule has 0 bridgehead atoms. The van der Waals surface area contributed by atoms with Crippen LogP contribution in [0, 0.1) is 0 Å². The van der Waals surface area contributed by atoms with E-state index < -0.39 is 10.0 Å². The zero-order valence-corrected chi connectivity index (χ0v) is 17.5. The van der Waals surface area contributed by atoms with Crippen molar-refractivity contribution >= 4 is 33.2 Å². The van der Waals surface area contributed by atoms with Gasteiger partial charge in [-0.25, -0.2) is 13.6 Å². The molecule has 7 nitrogen and oxygen atoms in total. The smallest absolute Gasteiger partial charge is 0.241 e. The van der Waals surface area contributed by atoms with E-state index >= 15 is 0 Å². The summed E-state index contributed by atoms with van der Waals surface area (Å²) >= 11 is 5.93. The van der Waals surface area contributed by atoms with Gasteiger partial charge in [-0.3, -0.25) is 4.79 Å². The van der Waals surface area contributed by atoms with Crippen LogP contribution in [0.3, 0.4) is 0 Å². The number of nitrogens with one attached hydrogen (secondary N) is 1. The SMILES string of the molecule is COc1cccc(CC(=O)Nc2ccc(Oc3cccc(Cl)c3)c(S(N)(=O)=O)c2)c1. The number of methoxy groups -OCH3 is 1. The van der Waals surface area contributed by atoms with E-state index in [9.17, 15) is 13.2 Å². The summed E-state index contributed by atoms with van der Waals surface area (Å²) in [7, 11) is -2.57. The maximum Gasteiger partial charge on any atom is 0.241 e. The van der Waals surface area contributed by atoms with Gasteiger partial charge in [0.05, 0.1) is 13.5 Å². The number of primary sulfonamides is 1. The Morgan fingerprint density at radius 2 is 1.77 bits per heavy atom. The van der Waals surface area contributed by atoms with Gasteiger partial charge in [-0.05, 0) is 54.1 Å². The molecule has 0 aliphatic heterocycles. The number of halogens is 1. The first-order valence-corrected chi connectivity index (χ1v) is 10.7. The monoisotopic (exact) mass is 446 g/mol. The van der Waals surface area contributed by atoms with E-state index in [4.69, 9.17) is 26.2 Å². The third kappa shape index (κ3) is 5.73. The highest BCUT2D eigenvalue weighted by atomic mass is 35.5. The number of rotatable bonds is 7. The summed E-state index contributed by atoms with van der Waals surface area (Å²) in [6.45, 7) is 0. The Morgan fingerprint density at radius 3 is 2.47 bits per heavy atom. The number of carbonyl (C=O) groups is 1. The molecule has 0 aliphatic carbocycles. The quantitative estimate of drug-likeness (QED) is 0.571. The molecule has 0 saturated carbocycles. The van der Waals surface area contributed by atoms with Gasteiger partial charge in [-0.1, -0.05) is 29.8 Å². The number of nitrogens with two attached hydrogens (primary N) is 1. The fourth-order valence-corrected chi connectivity index (χ4v) is 3.58. The van der Waals surface area contributed by atoms with Crippen molar-refractivity contribution in [2.75, 3.05) is 12.4 Å². The number of carbonyl (C=O) groups excluding carboxylic acids is 1. The molecule has 30 heavy (non-hydrogen) atoms. The van der Waals surface area contributed by atoms with Crippen LogP contribution in [0.15, 0.2) is 71.6 Å². The molecule has 0 atom stereocenters. The van der Waals surface area contributed by atoms with Gasteiger partial charge < -0.3 is 14.8 Å². The summed E-state index contributed by atoms with van der Waals surface area (Å²) in [5.41, 5.74) is 1.02. The van der Waals surface area contributed by atoms with E-state index in [0.29, 0.717) is 16.5 Å². The summed E-state index contributed by atoms with van der Waals surface area (Å²) in [5, 5.41) is 8.44. The fourth-order valence-electron chi connectivity index (χ4n) is 2.72. The van der Waals surface area contributed by atoms with Gasteiger partial charge in [0.2, 0.25) is 15.9 Å². The van der Waals surface area contributed by atoms with Gasteiger partial charge in [0.1, 0.15) is 22.1 Å². The van der Waals surface area contributed by atoms with Crippen LogP contribution in [0.5, 0.6) is 17.2 Å². The van der Waals surface area contributed by atoms with Crippen molar-refractivity contribution in [3.05, 3.63) is 77.3 Å². The van der Waals surface area contributed by atoms with Gasteiger partial charge in [0, 0.05) is 10.7 Å². The molecule has 156 valence electrons. The number of anilines is 1. The molecule has 0 aliphatic rings. The van der Waals surface area contributed by atoms with Crippen LogP contribution in [0.2, 0.25) is 5.02 Å². The molecule has 3 rings (SSSR count). The Kier molecular flexibility index (Phi) is 6.61. The van der Waals surface area contributed by atoms with Gasteiger partial charge in [-0.2, -0.15) is 0 Å². The number of hydrogen-bond acceptors (Lipinski definition) is 5. The second-order valence-corrected chi connectivity index (χ2v) is 8.31. The Labute approximate surface area is 179 Å². The van der Waals surface area contributed by atoms with E-state index in [-0.39, 0.29) is 28.7 Å². The highest BCUT2D eigenvalue weighted by molar-refractivity contribution is 7.89. The topological polar surface area (TPSA) is 108 Å². The molecule has 0 spiro atoms. The van der Waals surface area contributed by atoms with E-state index in [0.717, 1.165) is 5.56 Å². The molecular formula is C21H19ClN2O5S. The molecule has 0 aromatic heterocycles. The summed E-state index contributed by atoms with van der Waals surface area (Å²) < 4.78 is 34.9. The maximum atomic E-state index is 12.4. The molecule has 3 aromatic rings. The van der Waals surface area contributed by atoms with Crippen molar-refractivity contribution in [1.29, 1.82) is 0 Å². The molecule has 3 aromatic carbocycles. The van der Waals surface area contributed by atoms with E-state index in [1.165, 1.54) is 24.3 Å². The minimum Gasteiger partial charge on any atom is -0.497 e. The third-order valence-electron chi connectivity index (χ3n) is 4.06. The molecule has 0 saturated heterocycles. The Morgan fingerprint density at radius 1 is 1.03 bits per heavy atom. The average Bonchev–Trinajstić information content (AvgIpc) is 2.68. The van der Waals surface area contributed by atoms with Gasteiger partial charge >= 0.3 is 0 Å². The normalized spacial score (nSPS) is 11.0. The summed E-state index contributed by atoms with van der Waals surface area (Å²) in [6, 6.07) is 17.8. The molecule has 0 heterocycles. The minimum absolute atomic E-state index is 0.0190. The number of amides is 1. The largest absolute Gasteiger partial charge is 0.497 e. The summed E-state index contributed by atoms with van der Waals surface area (Å²) in [5.74, 6) is 0.680. The zero-order chi connectivity index (χ0) is 21.7. The molecule has 0 unspecified atom stereocenters. The Balaban J connectivity index is 1.81. The van der Waals surface area contributed by atoms with Crippen molar-refractivity contribution in [2.45, 2.75) is 11.3 Å². The fraction of sp³-hybridized carbons (Fsp3) is 0.0952. The lowest BCUT2D eigenvalue weighted by molar-refractivity contribution is -0.115. The lowest BCUT2D eigenvalue weighted by Crippen LogP contribution is -2.17. The first-order valence-electron chi connectivity index (χ1n) is 8.77. The van der Waals surface area contributed by atoms with Crippen molar-refractivity contribution in [1.82, 2.24) is 0 Å². The van der Waals surface area contributed by atoms with Crippen LogP contribution in [-0.2, 0) is 21.2 Å². The molecule has 0 radical (unpaired) electrons. The Hall–Kier alpha value is -3.07. The predicted octanol–water partition coefficient (Wildman–Crippen LogP) is 3.97. The van der Waals surface area contributed by atoms with Crippen LogP contribution < -0.4 is 19.9 Å². The lowest BCUT2D eigenvalue weighted by Gasteiger charge is -2.13.